The van der Waals surface area contributed by atoms with Gasteiger partial charge in [-0.1, -0.05) is 38.3 Å². The summed E-state index contributed by atoms with van der Waals surface area (Å²) in [7, 11) is 0. The van der Waals surface area contributed by atoms with E-state index in [-0.39, 0.29) is 12.5 Å². The monoisotopic (exact) mass is 309 g/mol. The van der Waals surface area contributed by atoms with Crippen molar-refractivity contribution in [3.8, 4) is 5.75 Å². The molecule has 0 bridgehead atoms. The molecule has 0 unspecified atom stereocenters. The van der Waals surface area contributed by atoms with Gasteiger partial charge in [-0.05, 0) is 48.9 Å². The van der Waals surface area contributed by atoms with E-state index in [1.54, 1.807) is 0 Å². The number of hydrogen-bond donors (Lipinski definition) is 1. The molecule has 1 fully saturated rings. The predicted molar refractivity (Wildman–Crippen MR) is 86.2 cm³/mol. The molecular formula is C17H24ClNO2. The van der Waals surface area contributed by atoms with E-state index in [0.717, 1.165) is 34.7 Å². The number of aryl methyl sites for hydroxylation is 1. The first kappa shape index (κ1) is 16.2. The number of rotatable bonds is 5. The zero-order chi connectivity index (χ0) is 15.4. The predicted octanol–water partition coefficient (Wildman–Crippen LogP) is 4.21. The maximum Gasteiger partial charge on any atom is 0.258 e. The third kappa shape index (κ3) is 4.37. The highest BCUT2D eigenvalue weighted by Crippen LogP contribution is 2.32. The molecule has 0 radical (unpaired) electrons. The second-order valence-electron chi connectivity index (χ2n) is 6.13. The van der Waals surface area contributed by atoms with E-state index in [1.807, 2.05) is 19.1 Å². The number of ether oxygens (including phenoxy) is 1. The second-order valence-corrected chi connectivity index (χ2v) is 6.54. The Kier molecular flexibility index (Phi) is 5.51. The summed E-state index contributed by atoms with van der Waals surface area (Å²) in [6.45, 7) is 6.19. The molecule has 0 spiro atoms. The minimum atomic E-state index is -0.0378. The Morgan fingerprint density at radius 2 is 2.05 bits per heavy atom. The van der Waals surface area contributed by atoms with Crippen molar-refractivity contribution in [2.75, 3.05) is 6.61 Å². The van der Waals surface area contributed by atoms with Gasteiger partial charge in [0.05, 0.1) is 0 Å². The fourth-order valence-electron chi connectivity index (χ4n) is 2.73. The Labute approximate surface area is 132 Å². The number of amides is 1. The van der Waals surface area contributed by atoms with Crippen molar-refractivity contribution in [3.63, 3.8) is 0 Å². The zero-order valence-corrected chi connectivity index (χ0v) is 13.8. The van der Waals surface area contributed by atoms with Crippen LogP contribution >= 0.6 is 11.6 Å². The number of carbonyl (C=O) groups excluding carboxylic acids is 1. The summed E-state index contributed by atoms with van der Waals surface area (Å²) in [4.78, 5) is 11.9. The molecule has 1 aromatic rings. The summed E-state index contributed by atoms with van der Waals surface area (Å²) < 4.78 is 5.74. The average molecular weight is 310 g/mol. The zero-order valence-electron chi connectivity index (χ0n) is 13.0. The van der Waals surface area contributed by atoms with E-state index in [2.05, 4.69) is 19.2 Å². The number of halogens is 1. The van der Waals surface area contributed by atoms with Gasteiger partial charge in [0.15, 0.2) is 6.61 Å². The third-order valence-electron chi connectivity index (χ3n) is 3.99. The highest BCUT2D eigenvalue weighted by Gasteiger charge is 2.18. The normalized spacial score (nSPS) is 15.5. The standard InChI is InChI=1S/C17H24ClNO2/c1-11(2)14-9-15(18)12(3)8-16(14)21-10-17(20)19-13-6-4-5-7-13/h8-9,11,13H,4-7,10H2,1-3H3,(H,19,20). The van der Waals surface area contributed by atoms with Gasteiger partial charge in [-0.2, -0.15) is 0 Å². The summed E-state index contributed by atoms with van der Waals surface area (Å²) in [6.07, 6.45) is 4.59. The van der Waals surface area contributed by atoms with E-state index in [1.165, 1.54) is 12.8 Å². The molecule has 0 aliphatic heterocycles. The summed E-state index contributed by atoms with van der Waals surface area (Å²) >= 11 is 6.17. The Morgan fingerprint density at radius 1 is 1.38 bits per heavy atom. The van der Waals surface area contributed by atoms with Gasteiger partial charge in [0, 0.05) is 11.1 Å². The van der Waals surface area contributed by atoms with Crippen LogP contribution < -0.4 is 10.1 Å². The summed E-state index contributed by atoms with van der Waals surface area (Å²) in [5, 5.41) is 3.77. The van der Waals surface area contributed by atoms with Crippen LogP contribution in [-0.2, 0) is 4.79 Å². The molecule has 1 amide bonds. The van der Waals surface area contributed by atoms with Gasteiger partial charge < -0.3 is 10.1 Å². The highest BCUT2D eigenvalue weighted by molar-refractivity contribution is 6.31. The molecule has 1 aliphatic carbocycles. The molecule has 1 N–H and O–H groups in total. The minimum Gasteiger partial charge on any atom is -0.483 e. The average Bonchev–Trinajstić information content (AvgIpc) is 2.92. The fourth-order valence-corrected chi connectivity index (χ4v) is 2.90. The Balaban J connectivity index is 1.98. The van der Waals surface area contributed by atoms with Crippen molar-refractivity contribution in [2.24, 2.45) is 0 Å². The molecule has 116 valence electrons. The van der Waals surface area contributed by atoms with Crippen molar-refractivity contribution >= 4 is 17.5 Å². The second kappa shape index (κ2) is 7.17. The van der Waals surface area contributed by atoms with Crippen LogP contribution in [0.3, 0.4) is 0 Å². The van der Waals surface area contributed by atoms with Crippen molar-refractivity contribution in [1.82, 2.24) is 5.32 Å². The maximum atomic E-state index is 11.9. The van der Waals surface area contributed by atoms with Crippen molar-refractivity contribution in [2.45, 2.75) is 58.4 Å². The maximum absolute atomic E-state index is 11.9. The third-order valence-corrected chi connectivity index (χ3v) is 4.40. The molecule has 2 rings (SSSR count). The van der Waals surface area contributed by atoms with Crippen LogP contribution in [0, 0.1) is 6.92 Å². The van der Waals surface area contributed by atoms with Crippen molar-refractivity contribution in [3.05, 3.63) is 28.3 Å². The largest absolute Gasteiger partial charge is 0.483 e. The van der Waals surface area contributed by atoms with E-state index in [0.29, 0.717) is 12.0 Å². The van der Waals surface area contributed by atoms with Crippen LogP contribution in [-0.4, -0.2) is 18.6 Å². The summed E-state index contributed by atoms with van der Waals surface area (Å²) in [5.74, 6) is 1.02. The molecule has 1 saturated carbocycles. The van der Waals surface area contributed by atoms with E-state index >= 15 is 0 Å². The van der Waals surface area contributed by atoms with Crippen LogP contribution in [0.1, 0.15) is 56.6 Å². The SMILES string of the molecule is Cc1cc(OCC(=O)NC2CCCC2)c(C(C)C)cc1Cl. The topological polar surface area (TPSA) is 38.3 Å². The van der Waals surface area contributed by atoms with Crippen LogP contribution in [0.15, 0.2) is 12.1 Å². The molecular weight excluding hydrogens is 286 g/mol. The van der Waals surface area contributed by atoms with Crippen molar-refractivity contribution in [1.29, 1.82) is 0 Å². The number of nitrogens with one attached hydrogen (secondary N) is 1. The fraction of sp³-hybridized carbons (Fsp3) is 0.588. The lowest BCUT2D eigenvalue weighted by atomic mass is 10.0. The first-order valence-corrected chi connectivity index (χ1v) is 8.07. The number of hydrogen-bond acceptors (Lipinski definition) is 2. The first-order valence-electron chi connectivity index (χ1n) is 7.69. The van der Waals surface area contributed by atoms with Gasteiger partial charge in [-0.15, -0.1) is 0 Å². The molecule has 3 nitrogen and oxygen atoms in total. The van der Waals surface area contributed by atoms with Crippen LogP contribution in [0.5, 0.6) is 5.75 Å². The van der Waals surface area contributed by atoms with Gasteiger partial charge >= 0.3 is 0 Å². The highest BCUT2D eigenvalue weighted by atomic mass is 35.5. The van der Waals surface area contributed by atoms with Crippen LogP contribution in [0.4, 0.5) is 0 Å². The van der Waals surface area contributed by atoms with Gasteiger partial charge in [0.2, 0.25) is 0 Å². The Hall–Kier alpha value is -1.22. The van der Waals surface area contributed by atoms with Gasteiger partial charge in [-0.3, -0.25) is 4.79 Å². The molecule has 0 heterocycles. The van der Waals surface area contributed by atoms with Gasteiger partial charge in [-0.25, -0.2) is 0 Å². The van der Waals surface area contributed by atoms with Crippen LogP contribution in [0.2, 0.25) is 5.02 Å². The molecule has 21 heavy (non-hydrogen) atoms. The number of benzene rings is 1. The van der Waals surface area contributed by atoms with Crippen molar-refractivity contribution < 1.29 is 9.53 Å². The molecule has 1 aromatic carbocycles. The lowest BCUT2D eigenvalue weighted by Gasteiger charge is -2.17. The molecule has 1 aliphatic rings. The quantitative estimate of drug-likeness (QED) is 0.885. The lowest BCUT2D eigenvalue weighted by molar-refractivity contribution is -0.123. The Bertz CT molecular complexity index is 508. The van der Waals surface area contributed by atoms with E-state index in [9.17, 15) is 4.79 Å². The van der Waals surface area contributed by atoms with E-state index in [4.69, 9.17) is 16.3 Å². The van der Waals surface area contributed by atoms with E-state index < -0.39 is 0 Å². The molecule has 0 atom stereocenters. The first-order chi connectivity index (χ1) is 9.97. The smallest absolute Gasteiger partial charge is 0.258 e. The molecule has 4 heteroatoms. The molecule has 0 saturated heterocycles. The Morgan fingerprint density at radius 3 is 2.67 bits per heavy atom. The van der Waals surface area contributed by atoms with Gasteiger partial charge in [0.25, 0.3) is 5.91 Å². The van der Waals surface area contributed by atoms with Gasteiger partial charge in [0.1, 0.15) is 5.75 Å². The summed E-state index contributed by atoms with van der Waals surface area (Å²) in [6, 6.07) is 4.18. The number of carbonyl (C=O) groups is 1. The minimum absolute atomic E-state index is 0.0378. The van der Waals surface area contributed by atoms with Crippen LogP contribution in [0.25, 0.3) is 0 Å². The molecule has 0 aromatic heterocycles. The lowest BCUT2D eigenvalue weighted by Crippen LogP contribution is -2.36. The summed E-state index contributed by atoms with van der Waals surface area (Å²) in [5.41, 5.74) is 2.01.